The first-order valence-electron chi connectivity index (χ1n) is 7.82. The summed E-state index contributed by atoms with van der Waals surface area (Å²) < 4.78 is 5.45. The van der Waals surface area contributed by atoms with Crippen molar-refractivity contribution in [1.29, 1.82) is 0 Å². The maximum absolute atomic E-state index is 11.8. The summed E-state index contributed by atoms with van der Waals surface area (Å²) in [7, 11) is 0. The van der Waals surface area contributed by atoms with E-state index in [0.717, 1.165) is 51.9 Å². The summed E-state index contributed by atoms with van der Waals surface area (Å²) in [4.78, 5) is 11.8. The van der Waals surface area contributed by atoms with Crippen molar-refractivity contribution in [1.82, 2.24) is 5.32 Å². The van der Waals surface area contributed by atoms with E-state index in [4.69, 9.17) is 10.5 Å². The topological polar surface area (TPSA) is 64.3 Å². The Morgan fingerprint density at radius 2 is 2.11 bits per heavy atom. The Hall–Kier alpha value is -0.610. The quantitative estimate of drug-likeness (QED) is 0.631. The fourth-order valence-corrected chi connectivity index (χ4v) is 2.60. The molecule has 3 N–H and O–H groups in total. The van der Waals surface area contributed by atoms with Crippen LogP contribution in [0.2, 0.25) is 0 Å². The maximum atomic E-state index is 11.8. The molecule has 1 aliphatic carbocycles. The van der Waals surface area contributed by atoms with Crippen LogP contribution in [0.5, 0.6) is 0 Å². The molecule has 112 valence electrons. The molecule has 0 bridgehead atoms. The van der Waals surface area contributed by atoms with Gasteiger partial charge in [0.1, 0.15) is 0 Å². The molecule has 0 heterocycles. The molecule has 0 aromatic rings. The standard InChI is InChI=1S/C15H30N2O2/c1-2-3-9-19-10-5-8-17-15(18)12-13-6-4-7-14(16)11-13/h13-14H,2-12,16H2,1H3,(H,17,18). The molecule has 0 radical (unpaired) electrons. The lowest BCUT2D eigenvalue weighted by molar-refractivity contribution is -0.122. The Balaban J connectivity index is 1.95. The third-order valence-electron chi connectivity index (χ3n) is 3.73. The molecule has 4 nitrogen and oxygen atoms in total. The fraction of sp³-hybridized carbons (Fsp3) is 0.933. The molecule has 0 spiro atoms. The van der Waals surface area contributed by atoms with Crippen LogP contribution in [0.1, 0.15) is 58.3 Å². The first kappa shape index (κ1) is 16.4. The molecule has 2 atom stereocenters. The second-order valence-corrected chi connectivity index (χ2v) is 5.67. The minimum Gasteiger partial charge on any atom is -0.381 e. The molecule has 19 heavy (non-hydrogen) atoms. The lowest BCUT2D eigenvalue weighted by Crippen LogP contribution is -2.32. The van der Waals surface area contributed by atoms with Gasteiger partial charge in [0.15, 0.2) is 0 Å². The summed E-state index contributed by atoms with van der Waals surface area (Å²) in [6.07, 6.45) is 8.28. The monoisotopic (exact) mass is 270 g/mol. The van der Waals surface area contributed by atoms with Crippen LogP contribution in [0.4, 0.5) is 0 Å². The Labute approximate surface area is 117 Å². The predicted molar refractivity (Wildman–Crippen MR) is 77.9 cm³/mol. The summed E-state index contributed by atoms with van der Waals surface area (Å²) in [5.74, 6) is 0.664. The normalized spacial score (nSPS) is 23.3. The number of nitrogens with two attached hydrogens (primary N) is 1. The third kappa shape index (κ3) is 8.22. The first-order valence-corrected chi connectivity index (χ1v) is 7.82. The number of amides is 1. The van der Waals surface area contributed by atoms with E-state index in [1.807, 2.05) is 0 Å². The highest BCUT2D eigenvalue weighted by Gasteiger charge is 2.21. The van der Waals surface area contributed by atoms with Gasteiger partial charge >= 0.3 is 0 Å². The highest BCUT2D eigenvalue weighted by atomic mass is 16.5. The average molecular weight is 270 g/mol. The van der Waals surface area contributed by atoms with Crippen molar-refractivity contribution in [3.63, 3.8) is 0 Å². The molecule has 0 saturated heterocycles. The largest absolute Gasteiger partial charge is 0.381 e. The molecular formula is C15H30N2O2. The molecule has 2 unspecified atom stereocenters. The molecule has 0 aromatic heterocycles. The number of carbonyl (C=O) groups excluding carboxylic acids is 1. The summed E-state index contributed by atoms with van der Waals surface area (Å²) in [5.41, 5.74) is 5.93. The highest BCUT2D eigenvalue weighted by molar-refractivity contribution is 5.76. The summed E-state index contributed by atoms with van der Waals surface area (Å²) >= 11 is 0. The lowest BCUT2D eigenvalue weighted by atomic mass is 9.84. The van der Waals surface area contributed by atoms with E-state index in [1.165, 1.54) is 12.8 Å². The van der Waals surface area contributed by atoms with Gasteiger partial charge in [0.05, 0.1) is 0 Å². The molecule has 1 fully saturated rings. The maximum Gasteiger partial charge on any atom is 0.220 e. The van der Waals surface area contributed by atoms with Crippen LogP contribution < -0.4 is 11.1 Å². The van der Waals surface area contributed by atoms with Crippen molar-refractivity contribution in [2.24, 2.45) is 11.7 Å². The summed E-state index contributed by atoms with van der Waals surface area (Å²) in [6.45, 7) is 4.46. The molecule has 1 amide bonds. The van der Waals surface area contributed by atoms with Gasteiger partial charge in [0.2, 0.25) is 5.91 Å². The van der Waals surface area contributed by atoms with Gasteiger partial charge in [-0.25, -0.2) is 0 Å². The smallest absolute Gasteiger partial charge is 0.220 e. The average Bonchev–Trinajstić information content (AvgIpc) is 2.37. The van der Waals surface area contributed by atoms with Crippen LogP contribution in [-0.2, 0) is 9.53 Å². The highest BCUT2D eigenvalue weighted by Crippen LogP contribution is 2.25. The second-order valence-electron chi connectivity index (χ2n) is 5.67. The molecule has 1 aliphatic rings. The Morgan fingerprint density at radius 1 is 1.32 bits per heavy atom. The number of unbranched alkanes of at least 4 members (excludes halogenated alkanes) is 1. The van der Waals surface area contributed by atoms with E-state index >= 15 is 0 Å². The van der Waals surface area contributed by atoms with Gasteiger partial charge in [0, 0.05) is 32.2 Å². The molecule has 1 rings (SSSR count). The predicted octanol–water partition coefficient (Wildman–Crippen LogP) is 2.22. The van der Waals surface area contributed by atoms with Crippen LogP contribution in [0.25, 0.3) is 0 Å². The van der Waals surface area contributed by atoms with Crippen LogP contribution in [-0.4, -0.2) is 31.7 Å². The van der Waals surface area contributed by atoms with Crippen LogP contribution in [0, 0.1) is 5.92 Å². The zero-order chi connectivity index (χ0) is 13.9. The van der Waals surface area contributed by atoms with Gasteiger partial charge in [-0.3, -0.25) is 4.79 Å². The van der Waals surface area contributed by atoms with Crippen LogP contribution in [0.15, 0.2) is 0 Å². The van der Waals surface area contributed by atoms with Gasteiger partial charge in [-0.2, -0.15) is 0 Å². The molecule has 4 heteroatoms. The van der Waals surface area contributed by atoms with Crippen molar-refractivity contribution in [3.8, 4) is 0 Å². The molecule has 0 aliphatic heterocycles. The van der Waals surface area contributed by atoms with Gasteiger partial charge in [0.25, 0.3) is 0 Å². The fourth-order valence-electron chi connectivity index (χ4n) is 2.60. The minimum absolute atomic E-state index is 0.174. The van der Waals surface area contributed by atoms with E-state index < -0.39 is 0 Å². The molecule has 1 saturated carbocycles. The zero-order valence-corrected chi connectivity index (χ0v) is 12.3. The second kappa shape index (κ2) is 10.2. The van der Waals surface area contributed by atoms with Crippen molar-refractivity contribution in [2.75, 3.05) is 19.8 Å². The zero-order valence-electron chi connectivity index (χ0n) is 12.3. The van der Waals surface area contributed by atoms with Gasteiger partial charge in [-0.05, 0) is 38.0 Å². The first-order chi connectivity index (χ1) is 9.22. The van der Waals surface area contributed by atoms with Gasteiger partial charge < -0.3 is 15.8 Å². The van der Waals surface area contributed by atoms with Crippen LogP contribution >= 0.6 is 0 Å². The summed E-state index contributed by atoms with van der Waals surface area (Å²) in [5, 5.41) is 2.98. The van der Waals surface area contributed by atoms with Crippen molar-refractivity contribution in [3.05, 3.63) is 0 Å². The van der Waals surface area contributed by atoms with Gasteiger partial charge in [-0.15, -0.1) is 0 Å². The summed E-state index contributed by atoms with van der Waals surface area (Å²) in [6, 6.07) is 0.304. The lowest BCUT2D eigenvalue weighted by Gasteiger charge is -2.26. The van der Waals surface area contributed by atoms with E-state index in [1.54, 1.807) is 0 Å². The number of carbonyl (C=O) groups is 1. The Morgan fingerprint density at radius 3 is 2.84 bits per heavy atom. The molecule has 0 aromatic carbocycles. The Bertz CT molecular complexity index is 246. The van der Waals surface area contributed by atoms with Crippen molar-refractivity contribution >= 4 is 5.91 Å². The third-order valence-corrected chi connectivity index (χ3v) is 3.73. The SMILES string of the molecule is CCCCOCCCNC(=O)CC1CCCC(N)C1. The van der Waals surface area contributed by atoms with Gasteiger partial charge in [-0.1, -0.05) is 19.8 Å². The number of hydrogen-bond donors (Lipinski definition) is 2. The minimum atomic E-state index is 0.174. The van der Waals surface area contributed by atoms with Crippen molar-refractivity contribution < 1.29 is 9.53 Å². The number of nitrogens with one attached hydrogen (secondary N) is 1. The van der Waals surface area contributed by atoms with E-state index in [0.29, 0.717) is 18.4 Å². The van der Waals surface area contributed by atoms with Crippen LogP contribution in [0.3, 0.4) is 0 Å². The van der Waals surface area contributed by atoms with E-state index in [-0.39, 0.29) is 5.91 Å². The number of ether oxygens (including phenoxy) is 1. The van der Waals surface area contributed by atoms with E-state index in [9.17, 15) is 4.79 Å². The Kier molecular flexibility index (Phi) is 8.84. The van der Waals surface area contributed by atoms with Crippen molar-refractivity contribution in [2.45, 2.75) is 64.3 Å². The number of rotatable bonds is 9. The molecular weight excluding hydrogens is 240 g/mol. The van der Waals surface area contributed by atoms with E-state index in [2.05, 4.69) is 12.2 Å². The number of hydrogen-bond acceptors (Lipinski definition) is 3.